The maximum absolute atomic E-state index is 12.2. The topological polar surface area (TPSA) is 120 Å². The summed E-state index contributed by atoms with van der Waals surface area (Å²) in [4.78, 5) is 28.6. The Morgan fingerprint density at radius 1 is 1.22 bits per heavy atom. The molecular formula is C20H21N3O4. The minimum absolute atomic E-state index is 0.352. The number of aromatic amines is 1. The molecule has 1 aromatic heterocycles. The van der Waals surface area contributed by atoms with E-state index in [9.17, 15) is 19.8 Å². The molecule has 2 heterocycles. The molecule has 7 nitrogen and oxygen atoms in total. The molecule has 7 heteroatoms. The SMILES string of the molecule is N[C@@H]1[C@H]2CN(c3ccc4c(c3)CCCc3c-4[nH]c(=O)c(C(=O)O)c3O)C[C@@H]12. The Morgan fingerprint density at radius 2 is 1.96 bits per heavy atom. The van der Waals surface area contributed by atoms with E-state index in [4.69, 9.17) is 5.73 Å². The van der Waals surface area contributed by atoms with Gasteiger partial charge in [0.2, 0.25) is 0 Å². The van der Waals surface area contributed by atoms with Crippen LogP contribution in [0.5, 0.6) is 5.75 Å². The summed E-state index contributed by atoms with van der Waals surface area (Å²) in [6, 6.07) is 6.51. The Labute approximate surface area is 155 Å². The Bertz CT molecular complexity index is 1020. The predicted molar refractivity (Wildman–Crippen MR) is 100 cm³/mol. The second-order valence-corrected chi connectivity index (χ2v) is 7.84. The highest BCUT2D eigenvalue weighted by Gasteiger charge is 2.53. The Balaban J connectivity index is 1.57. The summed E-state index contributed by atoms with van der Waals surface area (Å²) in [5.41, 5.74) is 8.84. The van der Waals surface area contributed by atoms with Crippen molar-refractivity contribution in [1.82, 2.24) is 4.98 Å². The Hall–Kier alpha value is -2.80. The van der Waals surface area contributed by atoms with Crippen LogP contribution in [0, 0.1) is 11.8 Å². The summed E-state index contributed by atoms with van der Waals surface area (Å²) in [5.74, 6) is -0.617. The molecule has 1 saturated heterocycles. The van der Waals surface area contributed by atoms with E-state index in [1.54, 1.807) is 0 Å². The van der Waals surface area contributed by atoms with Gasteiger partial charge < -0.3 is 25.8 Å². The van der Waals surface area contributed by atoms with Gasteiger partial charge in [0.1, 0.15) is 5.75 Å². The number of pyridine rings is 1. The van der Waals surface area contributed by atoms with Crippen LogP contribution in [0.15, 0.2) is 23.0 Å². The summed E-state index contributed by atoms with van der Waals surface area (Å²) in [5, 5.41) is 19.6. The molecule has 3 aliphatic rings. The lowest BCUT2D eigenvalue weighted by Crippen LogP contribution is -2.28. The monoisotopic (exact) mass is 367 g/mol. The van der Waals surface area contributed by atoms with E-state index in [0.29, 0.717) is 35.6 Å². The zero-order chi connectivity index (χ0) is 18.9. The molecule has 1 aromatic carbocycles. The van der Waals surface area contributed by atoms with E-state index >= 15 is 0 Å². The van der Waals surface area contributed by atoms with Crippen LogP contribution in [0.3, 0.4) is 0 Å². The van der Waals surface area contributed by atoms with Gasteiger partial charge in [0.25, 0.3) is 5.56 Å². The van der Waals surface area contributed by atoms with E-state index in [1.165, 1.54) is 0 Å². The molecule has 140 valence electrons. The number of carboxylic acid groups (broad SMARTS) is 1. The maximum atomic E-state index is 12.2. The molecule has 3 atom stereocenters. The minimum atomic E-state index is -1.41. The molecule has 5 rings (SSSR count). The summed E-state index contributed by atoms with van der Waals surface area (Å²) in [7, 11) is 0. The van der Waals surface area contributed by atoms with Crippen molar-refractivity contribution in [2.75, 3.05) is 18.0 Å². The van der Waals surface area contributed by atoms with Crippen molar-refractivity contribution in [2.24, 2.45) is 17.6 Å². The highest BCUT2D eigenvalue weighted by Crippen LogP contribution is 2.46. The number of hydrogen-bond acceptors (Lipinski definition) is 5. The smallest absolute Gasteiger partial charge is 0.345 e. The first-order chi connectivity index (χ1) is 13.0. The summed E-state index contributed by atoms with van der Waals surface area (Å²) >= 11 is 0. The molecule has 1 saturated carbocycles. The highest BCUT2D eigenvalue weighted by molar-refractivity contribution is 5.92. The largest absolute Gasteiger partial charge is 0.506 e. The Kier molecular flexibility index (Phi) is 3.40. The van der Waals surface area contributed by atoms with Crippen molar-refractivity contribution >= 4 is 11.7 Å². The van der Waals surface area contributed by atoms with Gasteiger partial charge in [-0.05, 0) is 48.8 Å². The lowest BCUT2D eigenvalue weighted by molar-refractivity contribution is 0.0691. The number of nitrogens with one attached hydrogen (secondary N) is 1. The first kappa shape index (κ1) is 16.4. The molecule has 1 aliphatic heterocycles. The van der Waals surface area contributed by atoms with Crippen LogP contribution >= 0.6 is 0 Å². The highest BCUT2D eigenvalue weighted by atomic mass is 16.4. The summed E-state index contributed by atoms with van der Waals surface area (Å²) < 4.78 is 0. The fourth-order valence-electron chi connectivity index (χ4n) is 4.77. The van der Waals surface area contributed by atoms with E-state index in [2.05, 4.69) is 16.0 Å². The van der Waals surface area contributed by atoms with Crippen molar-refractivity contribution in [3.8, 4) is 17.0 Å². The fourth-order valence-corrected chi connectivity index (χ4v) is 4.77. The van der Waals surface area contributed by atoms with E-state index in [1.807, 2.05) is 12.1 Å². The first-order valence-electron chi connectivity index (χ1n) is 9.31. The van der Waals surface area contributed by atoms with Crippen LogP contribution in [0.2, 0.25) is 0 Å². The van der Waals surface area contributed by atoms with Gasteiger partial charge in [-0.1, -0.05) is 6.07 Å². The van der Waals surface area contributed by atoms with Crippen LogP contribution in [-0.4, -0.2) is 40.3 Å². The third-order valence-corrected chi connectivity index (χ3v) is 6.36. The lowest BCUT2D eigenvalue weighted by Gasteiger charge is -2.23. The molecule has 27 heavy (non-hydrogen) atoms. The molecule has 0 bridgehead atoms. The van der Waals surface area contributed by atoms with E-state index < -0.39 is 22.8 Å². The number of benzene rings is 1. The van der Waals surface area contributed by atoms with Crippen molar-refractivity contribution in [3.05, 3.63) is 45.2 Å². The predicted octanol–water partition coefficient (Wildman–Crippen LogP) is 1.33. The minimum Gasteiger partial charge on any atom is -0.506 e. The van der Waals surface area contributed by atoms with Crippen LogP contribution in [-0.2, 0) is 12.8 Å². The number of hydrogen-bond donors (Lipinski definition) is 4. The molecule has 0 amide bonds. The number of piperidine rings is 1. The second kappa shape index (κ2) is 5.60. The van der Waals surface area contributed by atoms with Crippen LogP contribution in [0.25, 0.3) is 11.3 Å². The summed E-state index contributed by atoms with van der Waals surface area (Å²) in [6.07, 6.45) is 2.10. The lowest BCUT2D eigenvalue weighted by atomic mass is 9.99. The average molecular weight is 367 g/mol. The van der Waals surface area contributed by atoms with Crippen molar-refractivity contribution in [2.45, 2.75) is 25.3 Å². The van der Waals surface area contributed by atoms with Gasteiger partial charge >= 0.3 is 5.97 Å². The zero-order valence-corrected chi connectivity index (χ0v) is 14.7. The number of nitrogens with zero attached hydrogens (tertiary/aromatic N) is 1. The third kappa shape index (κ3) is 2.38. The number of anilines is 1. The number of carboxylic acids is 1. The number of H-pyrrole nitrogens is 1. The number of aromatic hydroxyl groups is 1. The maximum Gasteiger partial charge on any atom is 0.345 e. The quantitative estimate of drug-likeness (QED) is 0.636. The van der Waals surface area contributed by atoms with Crippen LogP contribution in [0.4, 0.5) is 5.69 Å². The molecule has 2 aromatic rings. The fraction of sp³-hybridized carbons (Fsp3) is 0.400. The van der Waals surface area contributed by atoms with Gasteiger partial charge in [-0.15, -0.1) is 0 Å². The molecule has 5 N–H and O–H groups in total. The number of carbonyl (C=O) groups is 1. The van der Waals surface area contributed by atoms with Crippen LogP contribution < -0.4 is 16.2 Å². The van der Waals surface area contributed by atoms with Crippen LogP contribution in [0.1, 0.15) is 27.9 Å². The standard InChI is InChI=1S/C20H21N3O4/c21-16-13-7-23(8-14(13)16)10-4-5-11-9(6-10)2-1-3-12-17(11)22-19(25)15(18(12)24)20(26)27/h4-6,13-14,16H,1-3,7-8,21H2,(H,26,27)(H2,22,24,25)/t13-,14+,16+. The molecule has 0 radical (unpaired) electrons. The van der Waals surface area contributed by atoms with Gasteiger partial charge in [0.05, 0.1) is 5.69 Å². The third-order valence-electron chi connectivity index (χ3n) is 6.36. The second-order valence-electron chi connectivity index (χ2n) is 7.84. The number of nitrogens with two attached hydrogens (primary N) is 1. The number of fused-ring (bicyclic) bond motifs is 4. The summed E-state index contributed by atoms with van der Waals surface area (Å²) in [6.45, 7) is 1.97. The molecular weight excluding hydrogens is 346 g/mol. The first-order valence-corrected chi connectivity index (χ1v) is 9.31. The van der Waals surface area contributed by atoms with Gasteiger partial charge in [0, 0.05) is 35.9 Å². The molecule has 2 fully saturated rings. The van der Waals surface area contributed by atoms with Gasteiger partial charge in [-0.2, -0.15) is 0 Å². The molecule has 2 aliphatic carbocycles. The average Bonchev–Trinajstić information content (AvgIpc) is 3.06. The molecule has 0 spiro atoms. The van der Waals surface area contributed by atoms with Gasteiger partial charge in [-0.3, -0.25) is 4.79 Å². The number of aromatic nitrogens is 1. The number of rotatable bonds is 2. The zero-order valence-electron chi connectivity index (χ0n) is 14.7. The van der Waals surface area contributed by atoms with E-state index in [0.717, 1.165) is 42.7 Å². The van der Waals surface area contributed by atoms with Gasteiger partial charge in [0.15, 0.2) is 5.56 Å². The molecule has 0 unspecified atom stereocenters. The van der Waals surface area contributed by atoms with E-state index in [-0.39, 0.29) is 0 Å². The number of aromatic carboxylic acids is 1. The van der Waals surface area contributed by atoms with Crippen molar-refractivity contribution in [3.63, 3.8) is 0 Å². The normalized spacial score (nSPS) is 25.4. The Morgan fingerprint density at radius 3 is 2.67 bits per heavy atom. The van der Waals surface area contributed by atoms with Gasteiger partial charge in [-0.25, -0.2) is 4.79 Å². The van der Waals surface area contributed by atoms with Crippen molar-refractivity contribution in [1.29, 1.82) is 0 Å². The number of aryl methyl sites for hydroxylation is 1. The van der Waals surface area contributed by atoms with Crippen molar-refractivity contribution < 1.29 is 15.0 Å².